The van der Waals surface area contributed by atoms with Crippen LogP contribution in [0.1, 0.15) is 6.42 Å². The summed E-state index contributed by atoms with van der Waals surface area (Å²) in [6.45, 7) is 1.80. The number of rotatable bonds is 2. The van der Waals surface area contributed by atoms with Crippen molar-refractivity contribution in [2.45, 2.75) is 12.5 Å². The highest BCUT2D eigenvalue weighted by molar-refractivity contribution is 5.30. The predicted octanol–water partition coefficient (Wildman–Crippen LogP) is 0.528. The largest absolute Gasteiger partial charge is 0.503 e. The highest BCUT2D eigenvalue weighted by Crippen LogP contribution is 2.23. The number of hydrogen-bond acceptors (Lipinski definition) is 4. The highest BCUT2D eigenvalue weighted by atomic mass is 16.5. The average Bonchev–Trinajstić information content (AvgIpc) is 2.61. The van der Waals surface area contributed by atoms with Gasteiger partial charge in [0.25, 0.3) is 5.88 Å². The number of aromatic hydroxyl groups is 1. The van der Waals surface area contributed by atoms with E-state index < -0.39 is 0 Å². The van der Waals surface area contributed by atoms with Crippen molar-refractivity contribution in [1.29, 1.82) is 0 Å². The van der Waals surface area contributed by atoms with Crippen molar-refractivity contribution in [2.75, 3.05) is 13.1 Å². The molecule has 0 radical (unpaired) electrons. The normalized spacial score (nSPS) is 21.7. The van der Waals surface area contributed by atoms with E-state index in [-0.39, 0.29) is 11.9 Å². The van der Waals surface area contributed by atoms with Crippen LogP contribution >= 0.6 is 0 Å². The fraction of sp³-hybridized carbons (Fsp3) is 0.444. The first-order valence-electron chi connectivity index (χ1n) is 4.37. The molecular weight excluding hydrogens is 168 g/mol. The molecule has 0 spiro atoms. The summed E-state index contributed by atoms with van der Waals surface area (Å²) in [5.74, 6) is 0.436. The van der Waals surface area contributed by atoms with Gasteiger partial charge in [-0.25, -0.2) is 4.98 Å². The minimum Gasteiger partial charge on any atom is -0.503 e. The fourth-order valence-electron chi connectivity index (χ4n) is 1.36. The van der Waals surface area contributed by atoms with E-state index in [4.69, 9.17) is 4.74 Å². The third-order valence-corrected chi connectivity index (χ3v) is 2.04. The van der Waals surface area contributed by atoms with Crippen molar-refractivity contribution in [3.8, 4) is 11.6 Å². The zero-order valence-electron chi connectivity index (χ0n) is 7.23. The van der Waals surface area contributed by atoms with Gasteiger partial charge >= 0.3 is 0 Å². The molecule has 1 atom stereocenters. The molecule has 0 unspecified atom stereocenters. The zero-order chi connectivity index (χ0) is 9.10. The quantitative estimate of drug-likeness (QED) is 0.697. The van der Waals surface area contributed by atoms with E-state index >= 15 is 0 Å². The number of pyridine rings is 1. The molecule has 0 amide bonds. The maximum atomic E-state index is 9.36. The van der Waals surface area contributed by atoms with Crippen molar-refractivity contribution < 1.29 is 9.84 Å². The molecule has 1 saturated heterocycles. The Labute approximate surface area is 76.6 Å². The number of ether oxygens (including phenoxy) is 1. The second kappa shape index (κ2) is 3.62. The average molecular weight is 180 g/mol. The lowest BCUT2D eigenvalue weighted by Gasteiger charge is -2.11. The summed E-state index contributed by atoms with van der Waals surface area (Å²) in [5, 5.41) is 12.5. The van der Waals surface area contributed by atoms with E-state index in [1.54, 1.807) is 18.3 Å². The van der Waals surface area contributed by atoms with Crippen LogP contribution in [-0.2, 0) is 0 Å². The lowest BCUT2D eigenvalue weighted by molar-refractivity contribution is 0.204. The van der Waals surface area contributed by atoms with Crippen LogP contribution in [0.4, 0.5) is 0 Å². The van der Waals surface area contributed by atoms with Crippen LogP contribution in [0.15, 0.2) is 18.3 Å². The minimum atomic E-state index is 0.106. The molecule has 0 aliphatic carbocycles. The second-order valence-electron chi connectivity index (χ2n) is 3.06. The lowest BCUT2D eigenvalue weighted by atomic mass is 10.3. The van der Waals surface area contributed by atoms with Crippen molar-refractivity contribution >= 4 is 0 Å². The van der Waals surface area contributed by atoms with Gasteiger partial charge < -0.3 is 15.2 Å². The van der Waals surface area contributed by atoms with Crippen molar-refractivity contribution in [1.82, 2.24) is 10.3 Å². The SMILES string of the molecule is Oc1cccnc1O[C@H]1CCNC1. The number of nitrogens with one attached hydrogen (secondary N) is 1. The fourth-order valence-corrected chi connectivity index (χ4v) is 1.36. The van der Waals surface area contributed by atoms with E-state index in [0.29, 0.717) is 5.88 Å². The van der Waals surface area contributed by atoms with Gasteiger partial charge in [-0.05, 0) is 25.1 Å². The third-order valence-electron chi connectivity index (χ3n) is 2.04. The van der Waals surface area contributed by atoms with Crippen LogP contribution in [0.2, 0.25) is 0 Å². The summed E-state index contributed by atoms with van der Waals surface area (Å²) in [6.07, 6.45) is 2.72. The summed E-state index contributed by atoms with van der Waals surface area (Å²) in [5.41, 5.74) is 0. The highest BCUT2D eigenvalue weighted by Gasteiger charge is 2.17. The van der Waals surface area contributed by atoms with Gasteiger partial charge in [0.15, 0.2) is 5.75 Å². The molecule has 1 fully saturated rings. The second-order valence-corrected chi connectivity index (χ2v) is 3.06. The van der Waals surface area contributed by atoms with Crippen molar-refractivity contribution in [3.05, 3.63) is 18.3 Å². The number of aromatic nitrogens is 1. The van der Waals surface area contributed by atoms with E-state index in [1.807, 2.05) is 0 Å². The van der Waals surface area contributed by atoms with E-state index in [9.17, 15) is 5.11 Å². The number of hydrogen-bond donors (Lipinski definition) is 2. The molecule has 0 saturated carbocycles. The molecule has 70 valence electrons. The molecule has 2 heterocycles. The van der Waals surface area contributed by atoms with Gasteiger partial charge in [-0.15, -0.1) is 0 Å². The molecule has 2 rings (SSSR count). The van der Waals surface area contributed by atoms with Gasteiger partial charge in [-0.2, -0.15) is 0 Å². The first kappa shape index (κ1) is 8.31. The summed E-state index contributed by atoms with van der Waals surface area (Å²) < 4.78 is 5.48. The van der Waals surface area contributed by atoms with Gasteiger partial charge in [0.05, 0.1) is 0 Å². The molecule has 1 aliphatic rings. The maximum absolute atomic E-state index is 9.36. The Balaban J connectivity index is 2.04. The Morgan fingerprint density at radius 1 is 1.62 bits per heavy atom. The van der Waals surface area contributed by atoms with Crippen LogP contribution in [0.25, 0.3) is 0 Å². The Kier molecular flexibility index (Phi) is 2.31. The Morgan fingerprint density at radius 2 is 2.54 bits per heavy atom. The van der Waals surface area contributed by atoms with Gasteiger partial charge in [0, 0.05) is 12.7 Å². The van der Waals surface area contributed by atoms with E-state index in [2.05, 4.69) is 10.3 Å². The van der Waals surface area contributed by atoms with E-state index in [1.165, 1.54) is 0 Å². The van der Waals surface area contributed by atoms with Gasteiger partial charge in [0.2, 0.25) is 0 Å². The molecule has 4 nitrogen and oxygen atoms in total. The Bertz CT molecular complexity index is 285. The molecule has 13 heavy (non-hydrogen) atoms. The molecule has 4 heteroatoms. The Hall–Kier alpha value is -1.29. The van der Waals surface area contributed by atoms with Crippen molar-refractivity contribution in [2.24, 2.45) is 0 Å². The smallest absolute Gasteiger partial charge is 0.257 e. The summed E-state index contributed by atoms with van der Waals surface area (Å²) >= 11 is 0. The van der Waals surface area contributed by atoms with Crippen LogP contribution < -0.4 is 10.1 Å². The van der Waals surface area contributed by atoms with Gasteiger partial charge in [0.1, 0.15) is 6.10 Å². The minimum absolute atomic E-state index is 0.106. The van der Waals surface area contributed by atoms with Crippen LogP contribution in [0, 0.1) is 0 Å². The van der Waals surface area contributed by atoms with Gasteiger partial charge in [-0.1, -0.05) is 0 Å². The van der Waals surface area contributed by atoms with E-state index in [0.717, 1.165) is 19.5 Å². The first-order chi connectivity index (χ1) is 6.36. The van der Waals surface area contributed by atoms with Crippen LogP contribution in [0.5, 0.6) is 11.6 Å². The zero-order valence-corrected chi connectivity index (χ0v) is 7.23. The monoisotopic (exact) mass is 180 g/mol. The molecule has 2 N–H and O–H groups in total. The maximum Gasteiger partial charge on any atom is 0.257 e. The lowest BCUT2D eigenvalue weighted by Crippen LogP contribution is -2.20. The van der Waals surface area contributed by atoms with Crippen LogP contribution in [-0.4, -0.2) is 29.3 Å². The molecule has 1 aromatic heterocycles. The number of nitrogens with zero attached hydrogens (tertiary/aromatic N) is 1. The molecule has 0 aromatic carbocycles. The van der Waals surface area contributed by atoms with Crippen LogP contribution in [0.3, 0.4) is 0 Å². The molecule has 0 bridgehead atoms. The van der Waals surface area contributed by atoms with Crippen molar-refractivity contribution in [3.63, 3.8) is 0 Å². The summed E-state index contributed by atoms with van der Waals surface area (Å²) in [7, 11) is 0. The molecule has 1 aliphatic heterocycles. The topological polar surface area (TPSA) is 54.4 Å². The first-order valence-corrected chi connectivity index (χ1v) is 4.37. The summed E-state index contributed by atoms with van der Waals surface area (Å²) in [6, 6.07) is 3.25. The Morgan fingerprint density at radius 3 is 3.23 bits per heavy atom. The summed E-state index contributed by atoms with van der Waals surface area (Å²) in [4.78, 5) is 3.94. The van der Waals surface area contributed by atoms with Gasteiger partial charge in [-0.3, -0.25) is 0 Å². The third kappa shape index (κ3) is 1.89. The predicted molar refractivity (Wildman–Crippen MR) is 47.8 cm³/mol. The molecule has 1 aromatic rings. The molecular formula is C9H12N2O2. The standard InChI is InChI=1S/C9H12N2O2/c12-8-2-1-4-11-9(8)13-7-3-5-10-6-7/h1-2,4,7,10,12H,3,5-6H2/t7-/m0/s1.